The maximum atomic E-state index is 14.4. The molecule has 1 aromatic carbocycles. The fraction of sp³-hybridized carbons (Fsp3) is 0.567. The van der Waals surface area contributed by atoms with Crippen molar-refractivity contribution in [3.63, 3.8) is 0 Å². The number of nitrogens with zero attached hydrogens (tertiary/aromatic N) is 3. The zero-order valence-corrected chi connectivity index (χ0v) is 21.9. The average molecular weight is 520 g/mol. The SMILES string of the molecule is CC[C@@H](CO)N1C(=O)[C@@H]2[C@@H]3C(=O)N(c4ccccc4)CC=C[C@@H]3O[C@@]23C=CCN(C2CCCCC2)C(=O)C13. The van der Waals surface area contributed by atoms with Gasteiger partial charge in [0.05, 0.1) is 30.6 Å². The second kappa shape index (κ2) is 9.97. The van der Waals surface area contributed by atoms with Gasteiger partial charge in [-0.05, 0) is 31.4 Å². The van der Waals surface area contributed by atoms with E-state index in [0.29, 0.717) is 19.5 Å². The van der Waals surface area contributed by atoms with Gasteiger partial charge >= 0.3 is 0 Å². The van der Waals surface area contributed by atoms with Crippen molar-refractivity contribution in [2.75, 3.05) is 24.6 Å². The summed E-state index contributed by atoms with van der Waals surface area (Å²) in [4.78, 5) is 48.1. The van der Waals surface area contributed by atoms with E-state index in [1.165, 1.54) is 6.42 Å². The Morgan fingerprint density at radius 2 is 1.76 bits per heavy atom. The Kier molecular flexibility index (Phi) is 6.64. The van der Waals surface area contributed by atoms with Crippen molar-refractivity contribution in [1.29, 1.82) is 0 Å². The molecule has 3 amide bonds. The van der Waals surface area contributed by atoms with E-state index in [2.05, 4.69) is 0 Å². The Balaban J connectivity index is 1.44. The number of hydrogen-bond donors (Lipinski definition) is 1. The number of benzene rings is 1. The van der Waals surface area contributed by atoms with Crippen LogP contribution >= 0.6 is 0 Å². The van der Waals surface area contributed by atoms with Crippen molar-refractivity contribution in [2.45, 2.75) is 75.3 Å². The van der Waals surface area contributed by atoms with Crippen molar-refractivity contribution >= 4 is 23.4 Å². The monoisotopic (exact) mass is 519 g/mol. The minimum Gasteiger partial charge on any atom is -0.394 e. The molecule has 6 rings (SSSR count). The summed E-state index contributed by atoms with van der Waals surface area (Å²) in [5, 5.41) is 10.3. The molecule has 0 radical (unpaired) electrons. The maximum absolute atomic E-state index is 14.4. The fourth-order valence-electron chi connectivity index (χ4n) is 7.46. The molecule has 4 heterocycles. The smallest absolute Gasteiger partial charge is 0.249 e. The number of hydrogen-bond acceptors (Lipinski definition) is 5. The number of anilines is 1. The van der Waals surface area contributed by atoms with Crippen molar-refractivity contribution in [2.24, 2.45) is 11.8 Å². The first-order valence-electron chi connectivity index (χ1n) is 14.1. The highest BCUT2D eigenvalue weighted by Gasteiger charge is 2.72. The molecule has 6 atom stereocenters. The highest BCUT2D eigenvalue weighted by Crippen LogP contribution is 2.54. The molecule has 0 aromatic heterocycles. The third kappa shape index (κ3) is 3.75. The standard InChI is InChI=1S/C30H37N3O5/c1-2-20(19-34)33-26-29(37)32(22-13-7-4-8-14-22)18-10-16-30(26)25(28(33)36)24-23(38-30)15-9-17-31(27(24)35)21-11-5-3-6-12-21/h3,5-6,9-12,15-16,20,22-26,34H,2,4,7-8,13-14,17-19H2,1H3/t20-,23-,24+,25-,26?,30-/m0/s1. The quantitative estimate of drug-likeness (QED) is 0.604. The topological polar surface area (TPSA) is 90.4 Å². The lowest BCUT2D eigenvalue weighted by Gasteiger charge is -2.41. The summed E-state index contributed by atoms with van der Waals surface area (Å²) in [6.07, 6.45) is 12.8. The fourth-order valence-corrected chi connectivity index (χ4v) is 7.46. The molecule has 3 fully saturated rings. The molecule has 202 valence electrons. The number of amides is 3. The van der Waals surface area contributed by atoms with Gasteiger partial charge in [-0.3, -0.25) is 14.4 Å². The van der Waals surface area contributed by atoms with Crippen LogP contribution in [-0.2, 0) is 19.1 Å². The number of aliphatic hydroxyl groups excluding tert-OH is 1. The first-order chi connectivity index (χ1) is 18.5. The molecule has 1 N–H and O–H groups in total. The summed E-state index contributed by atoms with van der Waals surface area (Å²) in [6.45, 7) is 2.51. The van der Waals surface area contributed by atoms with E-state index in [-0.39, 0.29) is 30.4 Å². The first kappa shape index (κ1) is 25.3. The molecule has 8 heteroatoms. The van der Waals surface area contributed by atoms with Gasteiger partial charge in [0.1, 0.15) is 11.6 Å². The number of para-hydroxylation sites is 1. The highest BCUT2D eigenvalue weighted by atomic mass is 16.5. The van der Waals surface area contributed by atoms with Crippen LogP contribution < -0.4 is 4.90 Å². The molecule has 1 spiro atoms. The zero-order chi connectivity index (χ0) is 26.4. The summed E-state index contributed by atoms with van der Waals surface area (Å²) >= 11 is 0. The number of carbonyl (C=O) groups is 3. The molecule has 38 heavy (non-hydrogen) atoms. The molecule has 1 unspecified atom stereocenters. The van der Waals surface area contributed by atoms with Crippen LogP contribution in [0.4, 0.5) is 5.69 Å². The molecule has 8 nitrogen and oxygen atoms in total. The van der Waals surface area contributed by atoms with Gasteiger partial charge in [-0.25, -0.2) is 0 Å². The van der Waals surface area contributed by atoms with E-state index in [1.807, 2.05) is 66.5 Å². The van der Waals surface area contributed by atoms with E-state index < -0.39 is 35.6 Å². The molecule has 1 aliphatic carbocycles. The van der Waals surface area contributed by atoms with E-state index in [0.717, 1.165) is 31.4 Å². The van der Waals surface area contributed by atoms with Crippen LogP contribution in [0.15, 0.2) is 54.6 Å². The number of ether oxygens (including phenoxy) is 1. The van der Waals surface area contributed by atoms with Crippen molar-refractivity contribution < 1.29 is 24.2 Å². The third-order valence-corrected chi connectivity index (χ3v) is 9.29. The molecule has 5 aliphatic rings. The summed E-state index contributed by atoms with van der Waals surface area (Å²) in [7, 11) is 0. The molecule has 1 aromatic rings. The van der Waals surface area contributed by atoms with Gasteiger partial charge in [0.15, 0.2) is 0 Å². The minimum atomic E-state index is -1.25. The van der Waals surface area contributed by atoms with Crippen LogP contribution in [0, 0.1) is 11.8 Å². The highest BCUT2D eigenvalue weighted by molar-refractivity contribution is 6.04. The number of likely N-dealkylation sites (tertiary alicyclic amines) is 1. The van der Waals surface area contributed by atoms with Crippen LogP contribution in [0.1, 0.15) is 45.4 Å². The predicted molar refractivity (Wildman–Crippen MR) is 142 cm³/mol. The van der Waals surface area contributed by atoms with Crippen LogP contribution in [0.3, 0.4) is 0 Å². The molecule has 0 bridgehead atoms. The van der Waals surface area contributed by atoms with Crippen LogP contribution in [0.5, 0.6) is 0 Å². The summed E-state index contributed by atoms with van der Waals surface area (Å²) in [5.74, 6) is -2.18. The van der Waals surface area contributed by atoms with Gasteiger partial charge in [0, 0.05) is 24.8 Å². The lowest BCUT2D eigenvalue weighted by Crippen LogP contribution is -2.59. The van der Waals surface area contributed by atoms with E-state index in [9.17, 15) is 19.5 Å². The van der Waals surface area contributed by atoms with E-state index in [4.69, 9.17) is 4.74 Å². The largest absolute Gasteiger partial charge is 0.394 e. The van der Waals surface area contributed by atoms with Crippen LogP contribution in [-0.4, -0.2) is 82.2 Å². The first-order valence-corrected chi connectivity index (χ1v) is 14.1. The molecule has 4 aliphatic heterocycles. The van der Waals surface area contributed by atoms with Gasteiger partial charge < -0.3 is 24.5 Å². The Morgan fingerprint density at radius 3 is 2.47 bits per heavy atom. The molecular formula is C30H37N3O5. The van der Waals surface area contributed by atoms with E-state index in [1.54, 1.807) is 9.80 Å². The van der Waals surface area contributed by atoms with Gasteiger partial charge in [-0.1, -0.05) is 68.7 Å². The second-order valence-electron chi connectivity index (χ2n) is 11.2. The number of carbonyl (C=O) groups excluding carboxylic acids is 3. The van der Waals surface area contributed by atoms with Gasteiger partial charge in [-0.2, -0.15) is 0 Å². The summed E-state index contributed by atoms with van der Waals surface area (Å²) < 4.78 is 6.73. The third-order valence-electron chi connectivity index (χ3n) is 9.29. The number of aliphatic hydroxyl groups is 1. The summed E-state index contributed by atoms with van der Waals surface area (Å²) in [6, 6.07) is 8.15. The summed E-state index contributed by atoms with van der Waals surface area (Å²) in [5.41, 5.74) is -0.491. The van der Waals surface area contributed by atoms with E-state index >= 15 is 0 Å². The second-order valence-corrected chi connectivity index (χ2v) is 11.2. The number of fused-ring (bicyclic) bond motifs is 2. The number of rotatable bonds is 5. The van der Waals surface area contributed by atoms with Gasteiger partial charge in [0.25, 0.3) is 0 Å². The normalized spacial score (nSPS) is 34.2. The van der Waals surface area contributed by atoms with Crippen molar-refractivity contribution in [3.05, 3.63) is 54.6 Å². The molecule has 1 saturated carbocycles. The van der Waals surface area contributed by atoms with Crippen LogP contribution in [0.25, 0.3) is 0 Å². The predicted octanol–water partition coefficient (Wildman–Crippen LogP) is 2.67. The Hall–Kier alpha value is -2.97. The lowest BCUT2D eigenvalue weighted by atomic mass is 9.77. The van der Waals surface area contributed by atoms with Gasteiger partial charge in [-0.15, -0.1) is 0 Å². The van der Waals surface area contributed by atoms with Crippen molar-refractivity contribution in [3.8, 4) is 0 Å². The molecule has 2 saturated heterocycles. The zero-order valence-electron chi connectivity index (χ0n) is 21.9. The maximum Gasteiger partial charge on any atom is 0.249 e. The van der Waals surface area contributed by atoms with Crippen molar-refractivity contribution in [1.82, 2.24) is 9.80 Å². The van der Waals surface area contributed by atoms with Gasteiger partial charge in [0.2, 0.25) is 17.7 Å². The Labute approximate surface area is 223 Å². The molecular weight excluding hydrogens is 482 g/mol. The minimum absolute atomic E-state index is 0.127. The Bertz CT molecular complexity index is 1140. The average Bonchev–Trinajstić information content (AvgIpc) is 3.26. The lowest BCUT2D eigenvalue weighted by molar-refractivity contribution is -0.152. The van der Waals surface area contributed by atoms with Crippen LogP contribution in [0.2, 0.25) is 0 Å². The Morgan fingerprint density at radius 1 is 1.00 bits per heavy atom.